The summed E-state index contributed by atoms with van der Waals surface area (Å²) in [6.45, 7) is 26.7. The molecule has 3 aliphatic rings. The summed E-state index contributed by atoms with van der Waals surface area (Å²) in [6, 6.07) is 0. The Kier molecular flexibility index (Phi) is 15.7. The molecule has 9 atom stereocenters. The second-order valence-corrected chi connectivity index (χ2v) is 20.0. The van der Waals surface area contributed by atoms with Crippen LogP contribution >= 0.6 is 0 Å². The highest BCUT2D eigenvalue weighted by Crippen LogP contribution is 2.43. The monoisotopic (exact) mass is 659 g/mol. The van der Waals surface area contributed by atoms with E-state index in [-0.39, 0.29) is 23.8 Å². The second-order valence-electron chi connectivity index (χ2n) is 20.0. The van der Waals surface area contributed by atoms with Gasteiger partial charge in [0.1, 0.15) is 0 Å². The molecule has 0 aromatic carbocycles. The smallest absolute Gasteiger partial charge is 0.309 e. The highest BCUT2D eigenvalue weighted by molar-refractivity contribution is 5.82. The molecule has 3 saturated carbocycles. The number of carbonyl (C=O) groups is 2. The van der Waals surface area contributed by atoms with Crippen molar-refractivity contribution in [1.82, 2.24) is 0 Å². The number of hydrogen-bond acceptors (Lipinski definition) is 4. The first-order valence-corrected chi connectivity index (χ1v) is 20.3. The molecule has 9 unspecified atom stereocenters. The average molecular weight is 659 g/mol. The van der Waals surface area contributed by atoms with E-state index in [1.54, 1.807) is 0 Å². The summed E-state index contributed by atoms with van der Waals surface area (Å²) in [6.07, 6.45) is 17.2. The van der Waals surface area contributed by atoms with Crippen LogP contribution in [-0.2, 0) is 19.1 Å². The molecular weight excluding hydrogens is 580 g/mol. The Bertz CT molecular complexity index is 938. The molecule has 274 valence electrons. The predicted molar refractivity (Wildman–Crippen MR) is 197 cm³/mol. The van der Waals surface area contributed by atoms with Crippen LogP contribution in [0.2, 0.25) is 0 Å². The molecule has 0 amide bonds. The van der Waals surface area contributed by atoms with E-state index in [4.69, 9.17) is 9.47 Å². The Balaban J connectivity index is 1.59. The molecule has 0 aromatic rings. The molecular formula is C43H78O4. The molecule has 0 saturated heterocycles. The van der Waals surface area contributed by atoms with Crippen LogP contribution in [0.1, 0.15) is 172 Å². The van der Waals surface area contributed by atoms with Gasteiger partial charge in [0.2, 0.25) is 0 Å². The van der Waals surface area contributed by atoms with Gasteiger partial charge in [-0.3, -0.25) is 9.59 Å². The zero-order valence-corrected chi connectivity index (χ0v) is 33.0. The van der Waals surface area contributed by atoms with E-state index in [1.165, 1.54) is 64.2 Å². The van der Waals surface area contributed by atoms with Crippen LogP contribution in [0.15, 0.2) is 0 Å². The van der Waals surface area contributed by atoms with Gasteiger partial charge in [0.15, 0.2) is 0 Å². The largest absolute Gasteiger partial charge is 0.465 e. The SMILES string of the molecule is CC1CCC(C(=O)OCC2CCC(C(C)C)CC2CCCC(C)(C)C)C(C(=O)OCC2CCC(C(C)C)CC2CCCC(C)(C)C)C1. The van der Waals surface area contributed by atoms with Crippen LogP contribution in [0.5, 0.6) is 0 Å². The minimum Gasteiger partial charge on any atom is -0.465 e. The topological polar surface area (TPSA) is 52.6 Å². The van der Waals surface area contributed by atoms with Crippen LogP contribution in [0.4, 0.5) is 0 Å². The highest BCUT2D eigenvalue weighted by atomic mass is 16.5. The summed E-state index contributed by atoms with van der Waals surface area (Å²) in [5.41, 5.74) is 0.715. The molecule has 4 heteroatoms. The molecule has 0 heterocycles. The summed E-state index contributed by atoms with van der Waals surface area (Å²) < 4.78 is 12.4. The fourth-order valence-corrected chi connectivity index (χ4v) is 9.39. The van der Waals surface area contributed by atoms with Gasteiger partial charge >= 0.3 is 11.9 Å². The minimum atomic E-state index is -0.364. The van der Waals surface area contributed by atoms with Crippen LogP contribution < -0.4 is 0 Å². The first-order chi connectivity index (χ1) is 21.9. The van der Waals surface area contributed by atoms with Crippen molar-refractivity contribution in [3.63, 3.8) is 0 Å². The maximum atomic E-state index is 13.8. The van der Waals surface area contributed by atoms with Crippen molar-refractivity contribution >= 4 is 11.9 Å². The second kappa shape index (κ2) is 18.3. The summed E-state index contributed by atoms with van der Waals surface area (Å²) >= 11 is 0. The normalized spacial score (nSPS) is 32.4. The fraction of sp³-hybridized carbons (Fsp3) is 0.953. The molecule has 0 radical (unpaired) electrons. The zero-order chi connectivity index (χ0) is 34.9. The Morgan fingerprint density at radius 2 is 1.00 bits per heavy atom. The van der Waals surface area contributed by atoms with E-state index in [0.717, 1.165) is 43.9 Å². The van der Waals surface area contributed by atoms with Gasteiger partial charge in [0.25, 0.3) is 0 Å². The van der Waals surface area contributed by atoms with Gasteiger partial charge in [-0.25, -0.2) is 0 Å². The van der Waals surface area contributed by atoms with E-state index in [9.17, 15) is 9.59 Å². The third kappa shape index (κ3) is 13.6. The number of ether oxygens (including phenoxy) is 2. The van der Waals surface area contributed by atoms with Crippen molar-refractivity contribution in [1.29, 1.82) is 0 Å². The van der Waals surface area contributed by atoms with Crippen molar-refractivity contribution in [2.45, 2.75) is 172 Å². The Labute approximate surface area is 292 Å². The van der Waals surface area contributed by atoms with Gasteiger partial charge < -0.3 is 9.47 Å². The van der Waals surface area contributed by atoms with Gasteiger partial charge in [0, 0.05) is 0 Å². The lowest BCUT2D eigenvalue weighted by molar-refractivity contribution is -0.166. The Morgan fingerprint density at radius 1 is 0.574 bits per heavy atom. The molecule has 0 aromatic heterocycles. The standard InChI is InChI=1S/C43H78O4/c1-29(2)32-17-19-36(34(25-32)14-12-22-42(6,7)8)27-46-40(44)38-21-16-31(5)24-39(38)41(45)47-28-37-20-18-33(30(3)4)26-35(37)15-13-23-43(9,10)11/h29-39H,12-28H2,1-11H3. The van der Waals surface area contributed by atoms with Crippen LogP contribution in [0.25, 0.3) is 0 Å². The summed E-state index contributed by atoms with van der Waals surface area (Å²) in [5, 5.41) is 0. The maximum absolute atomic E-state index is 13.8. The van der Waals surface area contributed by atoms with Gasteiger partial charge in [-0.2, -0.15) is 0 Å². The quantitative estimate of drug-likeness (QED) is 0.174. The lowest BCUT2D eigenvalue weighted by atomic mass is 9.69. The maximum Gasteiger partial charge on any atom is 0.309 e. The van der Waals surface area contributed by atoms with Crippen LogP contribution in [-0.4, -0.2) is 25.2 Å². The van der Waals surface area contributed by atoms with Crippen molar-refractivity contribution in [2.24, 2.45) is 75.9 Å². The number of hydrogen-bond donors (Lipinski definition) is 0. The molecule has 0 N–H and O–H groups in total. The molecule has 0 aliphatic heterocycles. The number of carbonyl (C=O) groups excluding carboxylic acids is 2. The third-order valence-corrected chi connectivity index (χ3v) is 12.8. The summed E-state index contributed by atoms with van der Waals surface area (Å²) in [4.78, 5) is 27.5. The lowest BCUT2D eigenvalue weighted by Gasteiger charge is -2.39. The van der Waals surface area contributed by atoms with Gasteiger partial charge in [-0.1, -0.05) is 102 Å². The number of esters is 2. The molecule has 0 bridgehead atoms. The molecule has 3 fully saturated rings. The Hall–Kier alpha value is -1.06. The third-order valence-electron chi connectivity index (χ3n) is 12.8. The van der Waals surface area contributed by atoms with Crippen LogP contribution in [0, 0.1) is 75.9 Å². The van der Waals surface area contributed by atoms with Crippen molar-refractivity contribution in [2.75, 3.05) is 13.2 Å². The minimum absolute atomic E-state index is 0.143. The first kappa shape index (κ1) is 40.4. The summed E-state index contributed by atoms with van der Waals surface area (Å²) in [7, 11) is 0. The van der Waals surface area contributed by atoms with E-state index < -0.39 is 0 Å². The van der Waals surface area contributed by atoms with Crippen LogP contribution in [0.3, 0.4) is 0 Å². The van der Waals surface area contributed by atoms with Crippen molar-refractivity contribution in [3.8, 4) is 0 Å². The molecule has 47 heavy (non-hydrogen) atoms. The Morgan fingerprint density at radius 3 is 1.40 bits per heavy atom. The van der Waals surface area contributed by atoms with E-state index in [1.807, 2.05) is 0 Å². The molecule has 3 rings (SSSR count). The van der Waals surface area contributed by atoms with Crippen molar-refractivity contribution < 1.29 is 19.1 Å². The van der Waals surface area contributed by atoms with Gasteiger partial charge in [-0.15, -0.1) is 0 Å². The fourth-order valence-electron chi connectivity index (χ4n) is 9.39. The molecule has 3 aliphatic carbocycles. The van der Waals surface area contributed by atoms with E-state index in [0.29, 0.717) is 65.5 Å². The van der Waals surface area contributed by atoms with E-state index >= 15 is 0 Å². The van der Waals surface area contributed by atoms with Gasteiger partial charge in [0.05, 0.1) is 25.0 Å². The zero-order valence-electron chi connectivity index (χ0n) is 33.0. The average Bonchev–Trinajstić information content (AvgIpc) is 2.97. The lowest BCUT2D eigenvalue weighted by Crippen LogP contribution is -2.39. The number of rotatable bonds is 14. The van der Waals surface area contributed by atoms with Gasteiger partial charge in [-0.05, 0) is 135 Å². The van der Waals surface area contributed by atoms with Crippen molar-refractivity contribution in [3.05, 3.63) is 0 Å². The predicted octanol–water partition coefficient (Wildman–Crippen LogP) is 11.9. The molecule has 4 nitrogen and oxygen atoms in total. The highest BCUT2D eigenvalue weighted by Gasteiger charge is 2.42. The first-order valence-electron chi connectivity index (χ1n) is 20.3. The van der Waals surface area contributed by atoms with E-state index in [2.05, 4.69) is 76.2 Å². The molecule has 0 spiro atoms. The summed E-state index contributed by atoms with van der Waals surface area (Å²) in [5.74, 6) is 4.54.